The molecule has 1 aliphatic heterocycles. The minimum Gasteiger partial charge on any atom is -0.462 e. The fourth-order valence-electron chi connectivity index (χ4n) is 7.27. The van der Waals surface area contributed by atoms with E-state index in [9.17, 15) is 37.8 Å². The van der Waals surface area contributed by atoms with Crippen LogP contribution in [0.5, 0.6) is 0 Å². The van der Waals surface area contributed by atoms with Crippen molar-refractivity contribution >= 4 is 34.9 Å². The number of urea groups is 1. The van der Waals surface area contributed by atoms with Crippen LogP contribution < -0.4 is 10.6 Å². The number of aromatic nitrogens is 2. The number of nitrogens with one attached hydrogen (secondary N) is 2. The molecule has 11 nitrogen and oxygen atoms in total. The summed E-state index contributed by atoms with van der Waals surface area (Å²) in [6.45, 7) is 3.64. The fourth-order valence-corrected chi connectivity index (χ4v) is 8.14. The molecule has 2 saturated carbocycles. The topological polar surface area (TPSA) is 154 Å². The zero-order valence-corrected chi connectivity index (χ0v) is 27.8. The van der Waals surface area contributed by atoms with E-state index < -0.39 is 29.8 Å². The third kappa shape index (κ3) is 8.00. The van der Waals surface area contributed by atoms with Gasteiger partial charge in [0.1, 0.15) is 16.4 Å². The van der Waals surface area contributed by atoms with Crippen molar-refractivity contribution in [3.63, 3.8) is 0 Å². The van der Waals surface area contributed by atoms with Crippen LogP contribution in [0.15, 0.2) is 29.4 Å². The lowest BCUT2D eigenvalue weighted by Crippen LogP contribution is -2.54. The number of carbonyl (C=O) groups is 3. The van der Waals surface area contributed by atoms with Crippen LogP contribution in [0.3, 0.4) is 0 Å². The number of anilines is 1. The van der Waals surface area contributed by atoms with Gasteiger partial charge < -0.3 is 25.2 Å². The molecule has 2 aromatic rings. The van der Waals surface area contributed by atoms with E-state index in [-0.39, 0.29) is 71.8 Å². The molecule has 3 aliphatic rings. The summed E-state index contributed by atoms with van der Waals surface area (Å²) in [6.07, 6.45) is 3.10. The normalized spacial score (nSPS) is 25.1. The lowest BCUT2D eigenvalue weighted by Gasteiger charge is -2.48. The first-order chi connectivity index (χ1) is 22.9. The highest BCUT2D eigenvalue weighted by atomic mass is 32.1. The van der Waals surface area contributed by atoms with Crippen molar-refractivity contribution in [2.45, 2.75) is 95.5 Å². The minimum atomic E-state index is -4.64. The third-order valence-electron chi connectivity index (χ3n) is 9.61. The lowest BCUT2D eigenvalue weighted by molar-refractivity contribution is -0.142. The number of alkyl halides is 3. The predicted molar refractivity (Wildman–Crippen MR) is 172 cm³/mol. The number of nitrogens with zero attached hydrogens (tertiary/aromatic N) is 3. The maximum atomic E-state index is 13.9. The molecule has 15 heteroatoms. The summed E-state index contributed by atoms with van der Waals surface area (Å²) < 4.78 is 45.9. The van der Waals surface area contributed by atoms with Gasteiger partial charge in [0.25, 0.3) is 0 Å². The Kier molecular flexibility index (Phi) is 11.4. The number of ketones is 1. The SMILES string of the molecule is CCNC(=O)Nc1cc(-c2nc(C(F)(F)F)cs2)c(C2CCC3C(C2)C(=O)C(C(=O)OCC)=CN3[C@@H](CO)CC2CCC(O)CC2)cn1. The van der Waals surface area contributed by atoms with Gasteiger partial charge in [0.15, 0.2) is 11.5 Å². The molecule has 262 valence electrons. The van der Waals surface area contributed by atoms with Gasteiger partial charge in [-0.2, -0.15) is 13.2 Å². The molecule has 4 atom stereocenters. The summed E-state index contributed by atoms with van der Waals surface area (Å²) in [6, 6.07) is 0.301. The standard InChI is InChI=1S/C33H42F3N5O6S/c1-3-37-32(46)40-28-13-22(30-39-27(17-48-30)33(34,35)36)24(14-38-28)19-7-10-26-23(12-19)29(44)25(31(45)47-4-2)15-41(26)20(16-42)11-18-5-8-21(43)9-6-18/h13-15,17-21,23,26,42-43H,3-12,16H2,1-2H3,(H2,37,38,40,46)/t18?,19?,20-,21?,23?,26?/m1/s1. The molecule has 5 rings (SSSR count). The van der Waals surface area contributed by atoms with Crippen molar-refractivity contribution in [3.05, 3.63) is 40.7 Å². The highest BCUT2D eigenvalue weighted by Crippen LogP contribution is 2.46. The largest absolute Gasteiger partial charge is 0.462 e. The number of carbonyl (C=O) groups excluding carboxylic acids is 3. The molecule has 2 aromatic heterocycles. The summed E-state index contributed by atoms with van der Waals surface area (Å²) in [5, 5.41) is 26.8. The van der Waals surface area contributed by atoms with Crippen molar-refractivity contribution in [1.29, 1.82) is 0 Å². The molecule has 48 heavy (non-hydrogen) atoms. The Morgan fingerprint density at radius 1 is 1.17 bits per heavy atom. The van der Waals surface area contributed by atoms with Crippen LogP contribution in [-0.4, -0.2) is 80.8 Å². The summed E-state index contributed by atoms with van der Waals surface area (Å²) in [5.41, 5.74) is -0.165. The predicted octanol–water partition coefficient (Wildman–Crippen LogP) is 5.25. The van der Waals surface area contributed by atoms with Gasteiger partial charge in [0.05, 0.1) is 25.4 Å². The second-order valence-corrected chi connectivity index (χ2v) is 13.5. The van der Waals surface area contributed by atoms with Gasteiger partial charge in [-0.1, -0.05) is 0 Å². The minimum absolute atomic E-state index is 0.0768. The zero-order valence-electron chi connectivity index (χ0n) is 27.0. The van der Waals surface area contributed by atoms with Gasteiger partial charge in [-0.25, -0.2) is 19.6 Å². The maximum absolute atomic E-state index is 13.9. The molecule has 0 spiro atoms. The molecular weight excluding hydrogens is 651 g/mol. The maximum Gasteiger partial charge on any atom is 0.434 e. The molecule has 2 amide bonds. The van der Waals surface area contributed by atoms with Crippen molar-refractivity contribution in [2.75, 3.05) is 25.1 Å². The highest BCUT2D eigenvalue weighted by Gasteiger charge is 2.47. The van der Waals surface area contributed by atoms with Crippen LogP contribution in [0.25, 0.3) is 10.6 Å². The Morgan fingerprint density at radius 3 is 2.56 bits per heavy atom. The lowest BCUT2D eigenvalue weighted by atomic mass is 9.69. The Bertz CT molecular complexity index is 1510. The van der Waals surface area contributed by atoms with E-state index in [1.165, 1.54) is 12.3 Å². The second kappa shape index (κ2) is 15.3. The number of halogens is 3. The van der Waals surface area contributed by atoms with Crippen molar-refractivity contribution in [1.82, 2.24) is 20.2 Å². The van der Waals surface area contributed by atoms with Gasteiger partial charge in [0.2, 0.25) is 0 Å². The number of rotatable bonds is 10. The van der Waals surface area contributed by atoms with E-state index in [2.05, 4.69) is 20.6 Å². The Hall–Kier alpha value is -3.56. The third-order valence-corrected chi connectivity index (χ3v) is 10.5. The number of fused-ring (bicyclic) bond motifs is 1. The van der Waals surface area contributed by atoms with Crippen LogP contribution in [0.1, 0.15) is 82.4 Å². The number of aliphatic hydroxyl groups is 2. The average molecular weight is 694 g/mol. The Labute approximate surface area is 281 Å². The van der Waals surface area contributed by atoms with Crippen LogP contribution >= 0.6 is 11.3 Å². The molecule has 3 heterocycles. The van der Waals surface area contributed by atoms with Gasteiger partial charge in [0, 0.05) is 41.8 Å². The second-order valence-electron chi connectivity index (χ2n) is 12.7. The van der Waals surface area contributed by atoms with Crippen LogP contribution in [0, 0.1) is 11.8 Å². The van der Waals surface area contributed by atoms with E-state index in [0.717, 1.165) is 29.6 Å². The van der Waals surface area contributed by atoms with E-state index in [0.29, 0.717) is 49.8 Å². The molecule has 0 radical (unpaired) electrons. The molecule has 0 aromatic carbocycles. The number of pyridine rings is 1. The van der Waals surface area contributed by atoms with Crippen LogP contribution in [-0.2, 0) is 20.5 Å². The molecule has 2 aliphatic carbocycles. The Morgan fingerprint density at radius 2 is 1.92 bits per heavy atom. The van der Waals surface area contributed by atoms with E-state index in [4.69, 9.17) is 4.74 Å². The summed E-state index contributed by atoms with van der Waals surface area (Å²) >= 11 is 0.826. The number of thiazole rings is 1. The smallest absolute Gasteiger partial charge is 0.434 e. The monoisotopic (exact) mass is 693 g/mol. The van der Waals surface area contributed by atoms with Gasteiger partial charge in [-0.15, -0.1) is 11.3 Å². The number of amides is 2. The van der Waals surface area contributed by atoms with Crippen LogP contribution in [0.2, 0.25) is 0 Å². The molecule has 0 saturated heterocycles. The molecule has 2 fully saturated rings. The summed E-state index contributed by atoms with van der Waals surface area (Å²) in [7, 11) is 0. The average Bonchev–Trinajstić information content (AvgIpc) is 3.56. The zero-order chi connectivity index (χ0) is 34.6. The molecule has 4 N–H and O–H groups in total. The van der Waals surface area contributed by atoms with Crippen molar-refractivity contribution in [3.8, 4) is 10.6 Å². The van der Waals surface area contributed by atoms with Crippen molar-refractivity contribution < 1.29 is 42.5 Å². The number of aliphatic hydroxyl groups excluding tert-OH is 2. The van der Waals surface area contributed by atoms with E-state index >= 15 is 0 Å². The number of hydrogen-bond donors (Lipinski definition) is 4. The van der Waals surface area contributed by atoms with E-state index in [1.54, 1.807) is 20.0 Å². The number of hydrogen-bond acceptors (Lipinski definition) is 10. The molecule has 0 bridgehead atoms. The van der Waals surface area contributed by atoms with Crippen molar-refractivity contribution in [2.24, 2.45) is 11.8 Å². The molecule has 3 unspecified atom stereocenters. The van der Waals surface area contributed by atoms with Gasteiger partial charge in [-0.05, 0) is 88.7 Å². The number of ether oxygens (including phenoxy) is 1. The quantitative estimate of drug-likeness (QED) is 0.193. The first-order valence-electron chi connectivity index (χ1n) is 16.5. The van der Waals surface area contributed by atoms with Gasteiger partial charge in [-0.3, -0.25) is 10.1 Å². The fraction of sp³-hybridized carbons (Fsp3) is 0.606. The number of Topliss-reactive ketones (excluding diaryl/α,β-unsaturated/α-hetero) is 1. The van der Waals surface area contributed by atoms with E-state index in [1.807, 2.05) is 4.90 Å². The first kappa shape index (κ1) is 35.7. The summed E-state index contributed by atoms with van der Waals surface area (Å²) in [5.74, 6) is -1.68. The van der Waals surface area contributed by atoms with Crippen LogP contribution in [0.4, 0.5) is 23.8 Å². The van der Waals surface area contributed by atoms with Gasteiger partial charge >= 0.3 is 18.2 Å². The number of esters is 1. The highest BCUT2D eigenvalue weighted by molar-refractivity contribution is 7.13. The first-order valence-corrected chi connectivity index (χ1v) is 17.4. The molecular formula is C33H42F3N5O6S. The Balaban J connectivity index is 1.47. The summed E-state index contributed by atoms with van der Waals surface area (Å²) in [4.78, 5) is 49.4.